The highest BCUT2D eigenvalue weighted by atomic mass is 35.5. The average molecular weight is 277 g/mol. The van der Waals surface area contributed by atoms with Gasteiger partial charge in [-0.3, -0.25) is 4.79 Å². The molecule has 7 heteroatoms. The second-order valence-corrected chi connectivity index (χ2v) is 4.82. The van der Waals surface area contributed by atoms with E-state index in [9.17, 15) is 9.59 Å². The lowest BCUT2D eigenvalue weighted by molar-refractivity contribution is 0.182. The van der Waals surface area contributed by atoms with Crippen LogP contribution >= 0.6 is 23.4 Å². The van der Waals surface area contributed by atoms with Gasteiger partial charge < -0.3 is 9.42 Å². The second kappa shape index (κ2) is 5.97. The van der Waals surface area contributed by atoms with E-state index in [1.54, 1.807) is 6.08 Å². The van der Waals surface area contributed by atoms with Gasteiger partial charge in [-0.1, -0.05) is 22.4 Å². The molecule has 1 aromatic rings. The highest BCUT2D eigenvalue weighted by Crippen LogP contribution is 2.18. The Balaban J connectivity index is 2.96. The number of carbonyl (C=O) groups excluding carboxylic acids is 1. The van der Waals surface area contributed by atoms with Crippen molar-refractivity contribution in [2.75, 3.05) is 19.8 Å². The van der Waals surface area contributed by atoms with E-state index in [1.807, 2.05) is 0 Å². The standard InChI is InChI=1S/C10H13ClN2O3S/c1-4-5-17-6-7-8(11)9(14)13(16-7)10(15)12(2)3/h4H,1,5-6H2,2-3H3. The Morgan fingerprint density at radius 2 is 2.29 bits per heavy atom. The maximum absolute atomic E-state index is 11.6. The van der Waals surface area contributed by atoms with Crippen LogP contribution in [0.1, 0.15) is 5.76 Å². The minimum Gasteiger partial charge on any atom is -0.369 e. The van der Waals surface area contributed by atoms with Gasteiger partial charge >= 0.3 is 11.6 Å². The van der Waals surface area contributed by atoms with Gasteiger partial charge in [-0.05, 0) is 0 Å². The van der Waals surface area contributed by atoms with E-state index in [1.165, 1.54) is 30.8 Å². The fraction of sp³-hybridized carbons (Fsp3) is 0.400. The van der Waals surface area contributed by atoms with Crippen LogP contribution in [0.3, 0.4) is 0 Å². The van der Waals surface area contributed by atoms with Gasteiger partial charge in [0, 0.05) is 19.8 Å². The zero-order valence-corrected chi connectivity index (χ0v) is 11.2. The van der Waals surface area contributed by atoms with E-state index in [-0.39, 0.29) is 5.02 Å². The molecule has 0 N–H and O–H groups in total. The molecule has 0 saturated heterocycles. The van der Waals surface area contributed by atoms with E-state index in [0.29, 0.717) is 22.0 Å². The quantitative estimate of drug-likeness (QED) is 0.624. The first kappa shape index (κ1) is 13.9. The van der Waals surface area contributed by atoms with Crippen LogP contribution in [-0.2, 0) is 5.75 Å². The zero-order valence-electron chi connectivity index (χ0n) is 9.60. The van der Waals surface area contributed by atoms with Gasteiger partial charge in [0.25, 0.3) is 0 Å². The summed E-state index contributed by atoms with van der Waals surface area (Å²) in [5.74, 6) is 1.44. The monoisotopic (exact) mass is 276 g/mol. The van der Waals surface area contributed by atoms with Gasteiger partial charge in [-0.2, -0.15) is 0 Å². The molecule has 1 amide bonds. The molecule has 0 aliphatic heterocycles. The SMILES string of the molecule is C=CCSCc1on(C(=O)N(C)C)c(=O)c1Cl. The maximum Gasteiger partial charge on any atom is 0.360 e. The lowest BCUT2D eigenvalue weighted by Gasteiger charge is -2.07. The van der Waals surface area contributed by atoms with Crippen LogP contribution in [0.15, 0.2) is 22.0 Å². The number of halogens is 1. The summed E-state index contributed by atoms with van der Waals surface area (Å²) in [4.78, 5) is 24.4. The Hall–Kier alpha value is -1.14. The molecule has 0 fully saturated rings. The van der Waals surface area contributed by atoms with Crippen LogP contribution < -0.4 is 5.56 Å². The fourth-order valence-corrected chi connectivity index (χ4v) is 1.96. The zero-order chi connectivity index (χ0) is 13.0. The van der Waals surface area contributed by atoms with Crippen LogP contribution in [0, 0.1) is 0 Å². The first-order valence-electron chi connectivity index (χ1n) is 4.80. The summed E-state index contributed by atoms with van der Waals surface area (Å²) >= 11 is 7.29. The molecule has 0 aromatic carbocycles. The van der Waals surface area contributed by atoms with Gasteiger partial charge in [0.15, 0.2) is 10.8 Å². The Bertz CT molecular complexity index is 478. The lowest BCUT2D eigenvalue weighted by Crippen LogP contribution is -2.33. The molecule has 94 valence electrons. The number of rotatable bonds is 4. The third-order valence-corrected chi connectivity index (χ3v) is 3.15. The number of thioether (sulfide) groups is 1. The summed E-state index contributed by atoms with van der Waals surface area (Å²) < 4.78 is 5.80. The molecule has 0 unspecified atom stereocenters. The highest BCUT2D eigenvalue weighted by Gasteiger charge is 2.20. The minimum atomic E-state index is -0.625. The van der Waals surface area contributed by atoms with Crippen LogP contribution in [0.4, 0.5) is 4.79 Å². The molecule has 1 aromatic heterocycles. The fourth-order valence-electron chi connectivity index (χ4n) is 1.03. The molecule has 0 aliphatic carbocycles. The van der Waals surface area contributed by atoms with Crippen molar-refractivity contribution in [3.8, 4) is 0 Å². The Kier molecular flexibility index (Phi) is 4.89. The molecule has 5 nitrogen and oxygen atoms in total. The third kappa shape index (κ3) is 3.17. The summed E-state index contributed by atoms with van der Waals surface area (Å²) in [6.45, 7) is 3.58. The molecule has 0 saturated carbocycles. The molecule has 0 radical (unpaired) electrons. The largest absolute Gasteiger partial charge is 0.369 e. The van der Waals surface area contributed by atoms with Crippen molar-refractivity contribution in [3.63, 3.8) is 0 Å². The van der Waals surface area contributed by atoms with Gasteiger partial charge in [0.1, 0.15) is 0 Å². The van der Waals surface area contributed by atoms with Crippen LogP contribution in [0.5, 0.6) is 0 Å². The average Bonchev–Trinajstić information content (AvgIpc) is 2.56. The summed E-state index contributed by atoms with van der Waals surface area (Å²) in [7, 11) is 3.05. The molecule has 0 bridgehead atoms. The molecular weight excluding hydrogens is 264 g/mol. The number of aromatic nitrogens is 1. The summed E-state index contributed by atoms with van der Waals surface area (Å²) in [5, 5.41) is -0.0447. The first-order chi connectivity index (χ1) is 7.99. The Labute approximate surface area is 108 Å². The van der Waals surface area contributed by atoms with Crippen molar-refractivity contribution in [1.29, 1.82) is 0 Å². The van der Waals surface area contributed by atoms with Crippen molar-refractivity contribution in [2.24, 2.45) is 0 Å². The third-order valence-electron chi connectivity index (χ3n) is 1.84. The minimum absolute atomic E-state index is 0.0447. The van der Waals surface area contributed by atoms with Crippen molar-refractivity contribution >= 4 is 29.4 Å². The predicted molar refractivity (Wildman–Crippen MR) is 68.8 cm³/mol. The molecule has 0 aliphatic rings. The van der Waals surface area contributed by atoms with Gasteiger partial charge in [-0.15, -0.1) is 18.3 Å². The van der Waals surface area contributed by atoms with Crippen LogP contribution in [0.25, 0.3) is 0 Å². The Morgan fingerprint density at radius 1 is 1.65 bits per heavy atom. The Morgan fingerprint density at radius 3 is 2.82 bits per heavy atom. The summed E-state index contributed by atoms with van der Waals surface area (Å²) in [5.41, 5.74) is -0.625. The lowest BCUT2D eigenvalue weighted by atomic mass is 10.5. The summed E-state index contributed by atoms with van der Waals surface area (Å²) in [6, 6.07) is -0.558. The first-order valence-corrected chi connectivity index (χ1v) is 6.33. The van der Waals surface area contributed by atoms with Crippen molar-refractivity contribution in [1.82, 2.24) is 9.64 Å². The normalized spacial score (nSPS) is 10.3. The smallest absolute Gasteiger partial charge is 0.360 e. The molecular formula is C10H13ClN2O3S. The van der Waals surface area contributed by atoms with E-state index < -0.39 is 11.6 Å². The number of carbonyl (C=O) groups is 1. The number of amides is 1. The topological polar surface area (TPSA) is 55.5 Å². The van der Waals surface area contributed by atoms with Gasteiger partial charge in [-0.25, -0.2) is 4.79 Å². The number of hydrogen-bond donors (Lipinski definition) is 0. The molecule has 1 heterocycles. The van der Waals surface area contributed by atoms with Crippen molar-refractivity contribution < 1.29 is 9.32 Å². The molecule has 1 rings (SSSR count). The molecule has 0 atom stereocenters. The second-order valence-electron chi connectivity index (χ2n) is 3.41. The molecule has 0 spiro atoms. The number of hydrogen-bond acceptors (Lipinski definition) is 4. The number of nitrogens with zero attached hydrogens (tertiary/aromatic N) is 2. The van der Waals surface area contributed by atoms with E-state index in [4.69, 9.17) is 16.1 Å². The predicted octanol–water partition coefficient (Wildman–Crippen LogP) is 2.04. The van der Waals surface area contributed by atoms with Crippen LogP contribution in [-0.4, -0.2) is 35.5 Å². The van der Waals surface area contributed by atoms with E-state index in [2.05, 4.69) is 6.58 Å². The van der Waals surface area contributed by atoms with Crippen molar-refractivity contribution in [3.05, 3.63) is 33.8 Å². The maximum atomic E-state index is 11.6. The summed E-state index contributed by atoms with van der Waals surface area (Å²) in [6.07, 6.45) is 1.73. The van der Waals surface area contributed by atoms with Crippen LogP contribution in [0.2, 0.25) is 5.02 Å². The molecule has 17 heavy (non-hydrogen) atoms. The van der Waals surface area contributed by atoms with Gasteiger partial charge in [0.2, 0.25) is 0 Å². The van der Waals surface area contributed by atoms with E-state index >= 15 is 0 Å². The highest BCUT2D eigenvalue weighted by molar-refractivity contribution is 7.98. The van der Waals surface area contributed by atoms with E-state index in [0.717, 1.165) is 0 Å². The van der Waals surface area contributed by atoms with Crippen molar-refractivity contribution in [2.45, 2.75) is 5.75 Å². The van der Waals surface area contributed by atoms with Gasteiger partial charge in [0.05, 0.1) is 5.75 Å².